The van der Waals surface area contributed by atoms with Crippen molar-refractivity contribution in [3.63, 3.8) is 0 Å². The van der Waals surface area contributed by atoms with E-state index in [1.807, 2.05) is 18.2 Å². The van der Waals surface area contributed by atoms with Gasteiger partial charge in [0.05, 0.1) is 19.8 Å². The van der Waals surface area contributed by atoms with Gasteiger partial charge in [-0.1, -0.05) is 24.3 Å². The number of aliphatic imine (C=N–C) groups is 1. The summed E-state index contributed by atoms with van der Waals surface area (Å²) in [5, 5.41) is 8.78. The van der Waals surface area contributed by atoms with Crippen molar-refractivity contribution >= 4 is 41.3 Å². The van der Waals surface area contributed by atoms with Crippen LogP contribution in [0, 0.1) is 0 Å². The molecule has 2 heterocycles. The average Bonchev–Trinajstić information content (AvgIpc) is 3.23. The zero-order chi connectivity index (χ0) is 18.7. The first-order valence-corrected chi connectivity index (χ1v) is 10.2. The molecule has 0 radical (unpaired) electrons. The molecule has 1 aromatic carbocycles. The molecule has 1 aromatic heterocycles. The number of morpholine rings is 1. The first-order chi connectivity index (χ1) is 13.3. The van der Waals surface area contributed by atoms with E-state index in [0.717, 1.165) is 56.7 Å². The third-order valence-corrected chi connectivity index (χ3v) is 5.30. The Balaban J connectivity index is 0.00000280. The molecule has 1 fully saturated rings. The second kappa shape index (κ2) is 13.0. The van der Waals surface area contributed by atoms with Crippen LogP contribution < -0.4 is 15.4 Å². The molecule has 6 nitrogen and oxygen atoms in total. The highest BCUT2D eigenvalue weighted by Gasteiger charge is 2.10. The Morgan fingerprint density at radius 2 is 1.93 bits per heavy atom. The minimum Gasteiger partial charge on any atom is -0.492 e. The molecular weight excluding hydrogens is 487 g/mol. The number of nitrogens with one attached hydrogen (secondary N) is 2. The molecule has 0 unspecified atom stereocenters. The van der Waals surface area contributed by atoms with E-state index >= 15 is 0 Å². The number of guanidine groups is 1. The molecule has 0 spiro atoms. The maximum Gasteiger partial charge on any atom is 0.191 e. The number of hydrogen-bond donors (Lipinski definition) is 2. The van der Waals surface area contributed by atoms with E-state index in [2.05, 4.69) is 44.1 Å². The minimum atomic E-state index is 0. The van der Waals surface area contributed by atoms with Crippen LogP contribution >= 0.6 is 35.3 Å². The zero-order valence-electron chi connectivity index (χ0n) is 16.2. The number of nitrogens with zero attached hydrogens (tertiary/aromatic N) is 2. The summed E-state index contributed by atoms with van der Waals surface area (Å²) in [6.45, 7) is 6.65. The Morgan fingerprint density at radius 3 is 2.68 bits per heavy atom. The number of thiophene rings is 1. The number of benzene rings is 1. The van der Waals surface area contributed by atoms with Gasteiger partial charge < -0.3 is 20.1 Å². The maximum atomic E-state index is 6.04. The van der Waals surface area contributed by atoms with Gasteiger partial charge in [0.25, 0.3) is 0 Å². The van der Waals surface area contributed by atoms with Crippen molar-refractivity contribution in [2.45, 2.75) is 13.1 Å². The molecule has 1 aliphatic rings. The van der Waals surface area contributed by atoms with Crippen LogP contribution in [0.1, 0.15) is 10.4 Å². The Labute approximate surface area is 188 Å². The van der Waals surface area contributed by atoms with Gasteiger partial charge in [0.1, 0.15) is 12.4 Å². The summed E-state index contributed by atoms with van der Waals surface area (Å²) in [5.74, 6) is 1.71. The van der Waals surface area contributed by atoms with Gasteiger partial charge in [-0.3, -0.25) is 9.89 Å². The average molecular weight is 516 g/mol. The second-order valence-corrected chi connectivity index (χ2v) is 7.30. The number of ether oxygens (including phenoxy) is 2. The van der Waals surface area contributed by atoms with Crippen molar-refractivity contribution in [3.8, 4) is 5.75 Å². The molecule has 154 valence electrons. The van der Waals surface area contributed by atoms with E-state index in [0.29, 0.717) is 13.2 Å². The molecule has 3 rings (SSSR count). The Morgan fingerprint density at radius 1 is 1.14 bits per heavy atom. The Kier molecular flexibility index (Phi) is 10.6. The van der Waals surface area contributed by atoms with Crippen molar-refractivity contribution in [1.82, 2.24) is 15.5 Å². The third kappa shape index (κ3) is 7.57. The molecule has 0 saturated carbocycles. The molecule has 28 heavy (non-hydrogen) atoms. The Bertz CT molecular complexity index is 706. The highest BCUT2D eigenvalue weighted by Crippen LogP contribution is 2.17. The summed E-state index contributed by atoms with van der Waals surface area (Å²) < 4.78 is 11.4. The Hall–Kier alpha value is -1.36. The van der Waals surface area contributed by atoms with Crippen molar-refractivity contribution in [3.05, 3.63) is 52.2 Å². The number of halogens is 1. The predicted molar refractivity (Wildman–Crippen MR) is 126 cm³/mol. The summed E-state index contributed by atoms with van der Waals surface area (Å²) >= 11 is 1.74. The maximum absolute atomic E-state index is 6.04. The molecule has 0 bridgehead atoms. The smallest absolute Gasteiger partial charge is 0.191 e. The molecule has 0 aliphatic carbocycles. The first kappa shape index (κ1) is 22.9. The van der Waals surface area contributed by atoms with Gasteiger partial charge in [0.2, 0.25) is 0 Å². The normalized spacial score (nSPS) is 15.0. The topological polar surface area (TPSA) is 58.1 Å². The molecule has 1 aliphatic heterocycles. The summed E-state index contributed by atoms with van der Waals surface area (Å²) in [5.41, 5.74) is 1.12. The SMILES string of the molecule is CN=C(NCc1cccs1)NCc1ccccc1OCCN1CCOCC1.I. The lowest BCUT2D eigenvalue weighted by Crippen LogP contribution is -2.38. The van der Waals surface area contributed by atoms with Gasteiger partial charge in [0, 0.05) is 43.7 Å². The molecule has 1 saturated heterocycles. The van der Waals surface area contributed by atoms with Crippen LogP contribution in [0.15, 0.2) is 46.8 Å². The van der Waals surface area contributed by atoms with Crippen molar-refractivity contribution < 1.29 is 9.47 Å². The van der Waals surface area contributed by atoms with Crippen molar-refractivity contribution in [2.75, 3.05) is 46.5 Å². The van der Waals surface area contributed by atoms with Crippen LogP contribution in [-0.4, -0.2) is 57.4 Å². The van der Waals surface area contributed by atoms with E-state index in [1.54, 1.807) is 18.4 Å². The predicted octanol–water partition coefficient (Wildman–Crippen LogP) is 2.94. The van der Waals surface area contributed by atoms with E-state index in [1.165, 1.54) is 4.88 Å². The van der Waals surface area contributed by atoms with E-state index in [9.17, 15) is 0 Å². The second-order valence-electron chi connectivity index (χ2n) is 6.27. The van der Waals surface area contributed by atoms with E-state index in [4.69, 9.17) is 9.47 Å². The fourth-order valence-electron chi connectivity index (χ4n) is 2.88. The number of para-hydroxylation sites is 1. The molecule has 2 aromatic rings. The van der Waals surface area contributed by atoms with Gasteiger partial charge in [-0.15, -0.1) is 35.3 Å². The fourth-order valence-corrected chi connectivity index (χ4v) is 3.53. The lowest BCUT2D eigenvalue weighted by atomic mass is 10.2. The van der Waals surface area contributed by atoms with Crippen LogP contribution in [0.2, 0.25) is 0 Å². The molecular formula is C20H29IN4O2S. The number of rotatable bonds is 8. The summed E-state index contributed by atoms with van der Waals surface area (Å²) in [6, 6.07) is 12.3. The van der Waals surface area contributed by atoms with Crippen LogP contribution in [-0.2, 0) is 17.8 Å². The van der Waals surface area contributed by atoms with Gasteiger partial charge in [-0.25, -0.2) is 0 Å². The van der Waals surface area contributed by atoms with E-state index in [-0.39, 0.29) is 24.0 Å². The quantitative estimate of drug-likeness (QED) is 0.321. The minimum absolute atomic E-state index is 0. The van der Waals surface area contributed by atoms with Gasteiger partial charge >= 0.3 is 0 Å². The van der Waals surface area contributed by atoms with Crippen LogP contribution in [0.4, 0.5) is 0 Å². The van der Waals surface area contributed by atoms with Gasteiger partial charge in [0.15, 0.2) is 5.96 Å². The molecule has 2 N–H and O–H groups in total. The zero-order valence-corrected chi connectivity index (χ0v) is 19.4. The molecule has 0 atom stereocenters. The van der Waals surface area contributed by atoms with Gasteiger partial charge in [-0.05, 0) is 17.5 Å². The highest BCUT2D eigenvalue weighted by atomic mass is 127. The van der Waals surface area contributed by atoms with Crippen LogP contribution in [0.25, 0.3) is 0 Å². The molecule has 8 heteroatoms. The fraction of sp³-hybridized carbons (Fsp3) is 0.450. The number of hydrogen-bond acceptors (Lipinski definition) is 5. The van der Waals surface area contributed by atoms with Crippen molar-refractivity contribution in [1.29, 1.82) is 0 Å². The summed E-state index contributed by atoms with van der Waals surface area (Å²) in [4.78, 5) is 7.95. The summed E-state index contributed by atoms with van der Waals surface area (Å²) in [7, 11) is 1.79. The lowest BCUT2D eigenvalue weighted by molar-refractivity contribution is 0.0322. The van der Waals surface area contributed by atoms with E-state index < -0.39 is 0 Å². The highest BCUT2D eigenvalue weighted by molar-refractivity contribution is 14.0. The third-order valence-electron chi connectivity index (χ3n) is 4.42. The monoisotopic (exact) mass is 516 g/mol. The molecule has 0 amide bonds. The summed E-state index contributed by atoms with van der Waals surface area (Å²) in [6.07, 6.45) is 0. The first-order valence-electron chi connectivity index (χ1n) is 9.33. The van der Waals surface area contributed by atoms with Gasteiger partial charge in [-0.2, -0.15) is 0 Å². The van der Waals surface area contributed by atoms with Crippen LogP contribution in [0.3, 0.4) is 0 Å². The lowest BCUT2D eigenvalue weighted by Gasteiger charge is -2.26. The van der Waals surface area contributed by atoms with Crippen LogP contribution in [0.5, 0.6) is 5.75 Å². The standard InChI is InChI=1S/C20H28N4O2S.HI/c1-21-20(23-16-18-6-4-14-27-18)22-15-17-5-2-3-7-19(17)26-13-10-24-8-11-25-12-9-24;/h2-7,14H,8-13,15-16H2,1H3,(H2,21,22,23);1H. The largest absolute Gasteiger partial charge is 0.492 e. The van der Waals surface area contributed by atoms with Crippen molar-refractivity contribution in [2.24, 2.45) is 4.99 Å².